The predicted molar refractivity (Wildman–Crippen MR) is 130 cm³/mol. The zero-order valence-electron chi connectivity index (χ0n) is 20.1. The largest absolute Gasteiger partial charge is 0.304 e. The molecule has 0 aliphatic heterocycles. The number of unbranched alkanes of at least 4 members (excludes halogenated alkanes) is 16. The van der Waals surface area contributed by atoms with Crippen LogP contribution in [0.4, 0.5) is 0 Å². The van der Waals surface area contributed by atoms with Crippen LogP contribution in [0, 0.1) is 0 Å². The average molecular weight is 420 g/mol. The van der Waals surface area contributed by atoms with E-state index in [1.807, 2.05) is 0 Å². The van der Waals surface area contributed by atoms with Crippen LogP contribution in [0.2, 0.25) is 0 Å². The lowest BCUT2D eigenvalue weighted by atomic mass is 9.98. The van der Waals surface area contributed by atoms with Crippen molar-refractivity contribution in [2.75, 3.05) is 5.84 Å². The third-order valence-corrected chi connectivity index (χ3v) is 5.98. The molecule has 30 heavy (non-hydrogen) atoms. The van der Waals surface area contributed by atoms with Crippen LogP contribution in [-0.2, 0) is 0 Å². The van der Waals surface area contributed by atoms with Gasteiger partial charge in [-0.2, -0.15) is 0 Å². The van der Waals surface area contributed by atoms with Crippen molar-refractivity contribution >= 4 is 6.08 Å². The molecule has 0 atom stereocenters. The molecule has 0 saturated carbocycles. The number of hydrogen-bond acceptors (Lipinski definition) is 4. The number of nitrogen functional groups attached to an aromatic ring is 1. The van der Waals surface area contributed by atoms with Crippen LogP contribution in [0.3, 0.4) is 0 Å². The van der Waals surface area contributed by atoms with Crippen LogP contribution in [-0.4, -0.2) is 20.3 Å². The standard InChI is InChI=1S/C25H49N5/c1-3-5-7-9-11-13-14-16-18-20-22-24(23-25-27-29-30(26)28-25)21-19-17-15-12-10-8-6-4-2/h23H,3-22,26H2,1-2H3. The van der Waals surface area contributed by atoms with Gasteiger partial charge in [-0.25, -0.2) is 0 Å². The number of aromatic nitrogens is 4. The molecule has 0 radical (unpaired) electrons. The average Bonchev–Trinajstić information content (AvgIpc) is 3.15. The summed E-state index contributed by atoms with van der Waals surface area (Å²) in [5.41, 5.74) is 1.47. The fraction of sp³-hybridized carbons (Fsp3) is 0.880. The Morgan fingerprint density at radius 2 is 1.07 bits per heavy atom. The Bertz CT molecular complexity index is 523. The van der Waals surface area contributed by atoms with E-state index in [-0.39, 0.29) is 0 Å². The lowest BCUT2D eigenvalue weighted by molar-refractivity contribution is 0.551. The second kappa shape index (κ2) is 19.6. The molecule has 174 valence electrons. The van der Waals surface area contributed by atoms with Crippen LogP contribution >= 0.6 is 0 Å². The first-order valence-electron chi connectivity index (χ1n) is 13.0. The van der Waals surface area contributed by atoms with Crippen molar-refractivity contribution in [3.63, 3.8) is 0 Å². The number of allylic oxidation sites excluding steroid dienone is 1. The van der Waals surface area contributed by atoms with Gasteiger partial charge in [-0.05, 0) is 37.0 Å². The molecule has 0 aromatic carbocycles. The summed E-state index contributed by atoms with van der Waals surface area (Å²) in [4.78, 5) is 1.06. The van der Waals surface area contributed by atoms with Gasteiger partial charge in [-0.3, -0.25) is 0 Å². The minimum Gasteiger partial charge on any atom is -0.304 e. The number of tetrazole rings is 1. The van der Waals surface area contributed by atoms with E-state index in [0.29, 0.717) is 5.82 Å². The van der Waals surface area contributed by atoms with Gasteiger partial charge in [0.15, 0.2) is 5.82 Å². The van der Waals surface area contributed by atoms with E-state index in [9.17, 15) is 0 Å². The van der Waals surface area contributed by atoms with Crippen LogP contribution in [0.1, 0.15) is 148 Å². The maximum Gasteiger partial charge on any atom is 0.199 e. The number of nitrogens with zero attached hydrogens (tertiary/aromatic N) is 4. The summed E-state index contributed by atoms with van der Waals surface area (Å²) in [6, 6.07) is 0. The maximum atomic E-state index is 5.55. The molecule has 0 aliphatic carbocycles. The second-order valence-corrected chi connectivity index (χ2v) is 8.93. The van der Waals surface area contributed by atoms with Crippen molar-refractivity contribution in [1.82, 2.24) is 20.3 Å². The normalized spacial score (nSPS) is 12.0. The highest BCUT2D eigenvalue weighted by atomic mass is 15.7. The van der Waals surface area contributed by atoms with E-state index in [1.165, 1.54) is 121 Å². The highest BCUT2D eigenvalue weighted by Crippen LogP contribution is 2.20. The van der Waals surface area contributed by atoms with E-state index in [4.69, 9.17) is 5.84 Å². The Morgan fingerprint density at radius 1 is 0.667 bits per heavy atom. The number of rotatable bonds is 21. The first-order chi connectivity index (χ1) is 14.8. The Hall–Kier alpha value is -1.39. The molecule has 5 nitrogen and oxygen atoms in total. The molecule has 5 heteroatoms. The zero-order chi connectivity index (χ0) is 21.7. The van der Waals surface area contributed by atoms with E-state index in [0.717, 1.165) is 17.7 Å². The SMILES string of the molecule is CCCCCCCCCCCCC(=Cc1nnn(N)n1)CCCCCCCCCC. The van der Waals surface area contributed by atoms with Crippen LogP contribution < -0.4 is 5.84 Å². The first kappa shape index (κ1) is 26.6. The quantitative estimate of drug-likeness (QED) is 0.164. The fourth-order valence-electron chi connectivity index (χ4n) is 4.07. The summed E-state index contributed by atoms with van der Waals surface area (Å²) in [7, 11) is 0. The number of nitrogens with two attached hydrogens (primary N) is 1. The van der Waals surface area contributed by atoms with Gasteiger partial charge in [0, 0.05) is 0 Å². The summed E-state index contributed by atoms with van der Waals surface area (Å²) in [5, 5.41) is 11.9. The van der Waals surface area contributed by atoms with Crippen molar-refractivity contribution < 1.29 is 0 Å². The topological polar surface area (TPSA) is 69.6 Å². The highest BCUT2D eigenvalue weighted by Gasteiger charge is 2.04. The monoisotopic (exact) mass is 419 g/mol. The molecule has 2 N–H and O–H groups in total. The molecule has 0 aliphatic rings. The second-order valence-electron chi connectivity index (χ2n) is 8.93. The van der Waals surface area contributed by atoms with Gasteiger partial charge >= 0.3 is 0 Å². The third-order valence-electron chi connectivity index (χ3n) is 5.98. The molecule has 0 saturated heterocycles. The molecular formula is C25H49N5. The van der Waals surface area contributed by atoms with E-state index < -0.39 is 0 Å². The molecule has 1 aromatic rings. The maximum absolute atomic E-state index is 5.55. The van der Waals surface area contributed by atoms with Gasteiger partial charge in [-0.1, -0.05) is 127 Å². The van der Waals surface area contributed by atoms with Gasteiger partial charge < -0.3 is 5.84 Å². The van der Waals surface area contributed by atoms with Crippen LogP contribution in [0.5, 0.6) is 0 Å². The van der Waals surface area contributed by atoms with Crippen molar-refractivity contribution in [3.05, 3.63) is 11.4 Å². The molecular weight excluding hydrogens is 370 g/mol. The van der Waals surface area contributed by atoms with Crippen LogP contribution in [0.25, 0.3) is 6.08 Å². The smallest absolute Gasteiger partial charge is 0.199 e. The molecule has 0 bridgehead atoms. The number of hydrogen-bond donors (Lipinski definition) is 1. The minimum absolute atomic E-state index is 0.652. The summed E-state index contributed by atoms with van der Waals surface area (Å²) >= 11 is 0. The van der Waals surface area contributed by atoms with Gasteiger partial charge in [0.2, 0.25) is 0 Å². The van der Waals surface area contributed by atoms with Crippen LogP contribution in [0.15, 0.2) is 5.57 Å². The lowest BCUT2D eigenvalue weighted by Crippen LogP contribution is -2.11. The van der Waals surface area contributed by atoms with Crippen molar-refractivity contribution in [3.8, 4) is 0 Å². The Labute approximate surface area is 186 Å². The van der Waals surface area contributed by atoms with E-state index in [1.54, 1.807) is 0 Å². The molecule has 1 rings (SSSR count). The van der Waals surface area contributed by atoms with Gasteiger partial charge in [0.1, 0.15) is 0 Å². The summed E-state index contributed by atoms with van der Waals surface area (Å²) in [6.45, 7) is 4.56. The predicted octanol–water partition coefficient (Wildman–Crippen LogP) is 7.61. The van der Waals surface area contributed by atoms with E-state index >= 15 is 0 Å². The third kappa shape index (κ3) is 15.4. The molecule has 0 spiro atoms. The van der Waals surface area contributed by atoms with Gasteiger partial charge in [0.05, 0.1) is 0 Å². The Kier molecular flexibility index (Phi) is 17.4. The highest BCUT2D eigenvalue weighted by molar-refractivity contribution is 5.43. The van der Waals surface area contributed by atoms with Gasteiger partial charge in [-0.15, -0.1) is 10.2 Å². The molecule has 0 unspecified atom stereocenters. The minimum atomic E-state index is 0.652. The molecule has 0 fully saturated rings. The van der Waals surface area contributed by atoms with E-state index in [2.05, 4.69) is 35.3 Å². The van der Waals surface area contributed by atoms with Crippen molar-refractivity contribution in [2.45, 2.75) is 142 Å². The summed E-state index contributed by atoms with van der Waals surface area (Å²) in [6.07, 6.45) is 29.1. The summed E-state index contributed by atoms with van der Waals surface area (Å²) in [5.74, 6) is 6.21. The first-order valence-corrected chi connectivity index (χ1v) is 13.0. The summed E-state index contributed by atoms with van der Waals surface area (Å²) < 4.78 is 0. The van der Waals surface area contributed by atoms with Crippen molar-refractivity contribution in [1.29, 1.82) is 0 Å². The fourth-order valence-corrected chi connectivity index (χ4v) is 4.07. The molecule has 1 heterocycles. The Balaban J connectivity index is 2.19. The van der Waals surface area contributed by atoms with Crippen molar-refractivity contribution in [2.24, 2.45) is 0 Å². The lowest BCUT2D eigenvalue weighted by Gasteiger charge is -2.08. The zero-order valence-corrected chi connectivity index (χ0v) is 20.1. The Morgan fingerprint density at radius 3 is 1.43 bits per heavy atom. The molecule has 0 amide bonds. The molecule has 1 aromatic heterocycles. The van der Waals surface area contributed by atoms with Gasteiger partial charge in [0.25, 0.3) is 0 Å².